The van der Waals surface area contributed by atoms with Crippen molar-refractivity contribution in [3.8, 4) is 0 Å². The molecule has 0 spiro atoms. The zero-order chi connectivity index (χ0) is 13.8. The number of hydrogen-bond acceptors (Lipinski definition) is 4. The fourth-order valence-corrected chi connectivity index (χ4v) is 1.12. The second kappa shape index (κ2) is 5.65. The smallest absolute Gasteiger partial charge is 0.408 e. The van der Waals surface area contributed by atoms with Gasteiger partial charge in [-0.15, -0.1) is 0 Å². The predicted molar refractivity (Wildman–Crippen MR) is 62.2 cm³/mol. The van der Waals surface area contributed by atoms with Crippen LogP contribution in [0.4, 0.5) is 4.79 Å². The van der Waals surface area contributed by atoms with Gasteiger partial charge < -0.3 is 15.8 Å². The zero-order valence-corrected chi connectivity index (χ0v) is 10.9. The summed E-state index contributed by atoms with van der Waals surface area (Å²) >= 11 is 0. The van der Waals surface area contributed by atoms with Gasteiger partial charge >= 0.3 is 6.09 Å². The Morgan fingerprint density at radius 2 is 1.65 bits per heavy atom. The van der Waals surface area contributed by atoms with Gasteiger partial charge in [0.2, 0.25) is 5.78 Å². The number of nitrogens with one attached hydrogen (secondary N) is 1. The molecule has 0 aliphatic heterocycles. The van der Waals surface area contributed by atoms with Crippen LogP contribution >= 0.6 is 0 Å². The number of nitrogens with two attached hydrogens (primary N) is 1. The molecule has 0 unspecified atom stereocenters. The Bertz CT molecular complexity index is 318. The molecule has 6 heteroatoms. The molecule has 0 saturated heterocycles. The first kappa shape index (κ1) is 15.4. The number of ether oxygens (including phenoxy) is 1. The number of Topliss-reactive ketones (excluding diaryl/α,β-unsaturated/α-hetero) is 1. The maximum absolute atomic E-state index is 11.5. The van der Waals surface area contributed by atoms with Gasteiger partial charge in [-0.3, -0.25) is 9.59 Å². The number of ketones is 1. The molecular weight excluding hydrogens is 224 g/mol. The highest BCUT2D eigenvalue weighted by molar-refractivity contribution is 6.37. The van der Waals surface area contributed by atoms with E-state index >= 15 is 0 Å². The van der Waals surface area contributed by atoms with E-state index in [1.807, 2.05) is 0 Å². The van der Waals surface area contributed by atoms with E-state index in [-0.39, 0.29) is 5.92 Å². The molecule has 1 atom stereocenters. The first-order chi connectivity index (χ1) is 7.54. The molecule has 2 amide bonds. The summed E-state index contributed by atoms with van der Waals surface area (Å²) in [7, 11) is 0. The van der Waals surface area contributed by atoms with Crippen LogP contribution in [0.5, 0.6) is 0 Å². The number of hydrogen-bond donors (Lipinski definition) is 2. The fraction of sp³-hybridized carbons (Fsp3) is 0.727. The van der Waals surface area contributed by atoms with Gasteiger partial charge in [0.15, 0.2) is 0 Å². The average molecular weight is 244 g/mol. The van der Waals surface area contributed by atoms with Gasteiger partial charge in [0, 0.05) is 0 Å². The maximum atomic E-state index is 11.5. The number of carbonyl (C=O) groups excluding carboxylic acids is 3. The Balaban J connectivity index is 4.63. The summed E-state index contributed by atoms with van der Waals surface area (Å²) in [6, 6.07) is -0.956. The highest BCUT2D eigenvalue weighted by Gasteiger charge is 2.29. The lowest BCUT2D eigenvalue weighted by atomic mass is 10.00. The van der Waals surface area contributed by atoms with Gasteiger partial charge in [0.1, 0.15) is 11.6 Å². The van der Waals surface area contributed by atoms with Crippen molar-refractivity contribution in [3.05, 3.63) is 0 Å². The molecule has 0 radical (unpaired) electrons. The van der Waals surface area contributed by atoms with Gasteiger partial charge in [-0.25, -0.2) is 4.79 Å². The molecule has 0 aliphatic carbocycles. The minimum absolute atomic E-state index is 0.248. The minimum atomic E-state index is -1.07. The van der Waals surface area contributed by atoms with Gasteiger partial charge in [-0.1, -0.05) is 13.8 Å². The van der Waals surface area contributed by atoms with Gasteiger partial charge in [0.25, 0.3) is 5.91 Å². The molecule has 0 bridgehead atoms. The van der Waals surface area contributed by atoms with Crippen LogP contribution < -0.4 is 11.1 Å². The van der Waals surface area contributed by atoms with E-state index in [9.17, 15) is 14.4 Å². The summed E-state index contributed by atoms with van der Waals surface area (Å²) < 4.78 is 4.99. The van der Waals surface area contributed by atoms with Crippen LogP contribution in [0.2, 0.25) is 0 Å². The molecule has 0 heterocycles. The molecule has 0 aromatic rings. The quantitative estimate of drug-likeness (QED) is 0.707. The van der Waals surface area contributed by atoms with Crippen LogP contribution in [0.1, 0.15) is 34.6 Å². The van der Waals surface area contributed by atoms with Crippen LogP contribution in [0.15, 0.2) is 0 Å². The summed E-state index contributed by atoms with van der Waals surface area (Å²) in [5.74, 6) is -2.15. The molecule has 0 fully saturated rings. The van der Waals surface area contributed by atoms with Crippen LogP contribution in [0.3, 0.4) is 0 Å². The monoisotopic (exact) mass is 244 g/mol. The Morgan fingerprint density at radius 3 is 1.94 bits per heavy atom. The number of amides is 2. The standard InChI is InChI=1S/C11H20N2O4/c1-6(2)7(8(14)9(12)15)13-10(16)17-11(3,4)5/h6-7H,1-5H3,(H2,12,15)(H,13,16)/t7-/m0/s1. The van der Waals surface area contributed by atoms with Crippen LogP contribution in [0, 0.1) is 5.92 Å². The van der Waals surface area contributed by atoms with Crippen molar-refractivity contribution < 1.29 is 19.1 Å². The van der Waals surface area contributed by atoms with Crippen LogP contribution in [-0.4, -0.2) is 29.4 Å². The summed E-state index contributed by atoms with van der Waals surface area (Å²) in [4.78, 5) is 33.7. The molecule has 0 aromatic heterocycles. The van der Waals surface area contributed by atoms with Crippen molar-refractivity contribution in [1.82, 2.24) is 5.32 Å². The first-order valence-electron chi connectivity index (χ1n) is 5.37. The van der Waals surface area contributed by atoms with Crippen molar-refractivity contribution in [2.45, 2.75) is 46.3 Å². The summed E-state index contributed by atoms with van der Waals surface area (Å²) in [5.41, 5.74) is 4.23. The Kier molecular flexibility index (Phi) is 5.12. The third kappa shape index (κ3) is 5.89. The van der Waals surface area contributed by atoms with E-state index < -0.39 is 29.4 Å². The largest absolute Gasteiger partial charge is 0.444 e. The number of primary amides is 1. The number of alkyl carbamates (subject to hydrolysis) is 1. The number of rotatable bonds is 4. The Morgan fingerprint density at radius 1 is 1.18 bits per heavy atom. The van der Waals surface area contributed by atoms with E-state index in [4.69, 9.17) is 10.5 Å². The molecular formula is C11H20N2O4. The summed E-state index contributed by atoms with van der Waals surface area (Å²) in [6.07, 6.45) is -0.745. The second-order valence-corrected chi connectivity index (χ2v) is 5.10. The summed E-state index contributed by atoms with van der Waals surface area (Å²) in [6.45, 7) is 8.50. The van der Waals surface area contributed by atoms with Crippen molar-refractivity contribution in [1.29, 1.82) is 0 Å². The predicted octanol–water partition coefficient (Wildman–Crippen LogP) is 0.590. The molecule has 0 aliphatic rings. The lowest BCUT2D eigenvalue weighted by Gasteiger charge is -2.24. The van der Waals surface area contributed by atoms with Gasteiger partial charge in [-0.2, -0.15) is 0 Å². The molecule has 6 nitrogen and oxygen atoms in total. The first-order valence-corrected chi connectivity index (χ1v) is 5.37. The van der Waals surface area contributed by atoms with E-state index in [1.165, 1.54) is 0 Å². The molecule has 17 heavy (non-hydrogen) atoms. The fourth-order valence-electron chi connectivity index (χ4n) is 1.12. The van der Waals surface area contributed by atoms with E-state index in [0.29, 0.717) is 0 Å². The summed E-state index contributed by atoms with van der Waals surface area (Å²) in [5, 5.41) is 2.34. The van der Waals surface area contributed by atoms with E-state index in [2.05, 4.69) is 5.32 Å². The average Bonchev–Trinajstić information content (AvgIpc) is 2.09. The third-order valence-electron chi connectivity index (χ3n) is 1.86. The highest BCUT2D eigenvalue weighted by Crippen LogP contribution is 2.09. The highest BCUT2D eigenvalue weighted by atomic mass is 16.6. The zero-order valence-electron chi connectivity index (χ0n) is 10.9. The van der Waals surface area contributed by atoms with Gasteiger partial charge in [0.05, 0.1) is 0 Å². The maximum Gasteiger partial charge on any atom is 0.408 e. The van der Waals surface area contributed by atoms with Crippen molar-refractivity contribution in [3.63, 3.8) is 0 Å². The van der Waals surface area contributed by atoms with Crippen molar-refractivity contribution in [2.24, 2.45) is 11.7 Å². The second-order valence-electron chi connectivity index (χ2n) is 5.10. The SMILES string of the molecule is CC(C)[C@H](NC(=O)OC(C)(C)C)C(=O)C(N)=O. The van der Waals surface area contributed by atoms with E-state index in [0.717, 1.165) is 0 Å². The molecule has 98 valence electrons. The van der Waals surface area contributed by atoms with Gasteiger partial charge in [-0.05, 0) is 26.7 Å². The third-order valence-corrected chi connectivity index (χ3v) is 1.86. The Hall–Kier alpha value is -1.59. The molecule has 3 N–H and O–H groups in total. The number of carbonyl (C=O) groups is 3. The topological polar surface area (TPSA) is 98.5 Å². The van der Waals surface area contributed by atoms with Crippen molar-refractivity contribution in [2.75, 3.05) is 0 Å². The lowest BCUT2D eigenvalue weighted by molar-refractivity contribution is -0.137. The van der Waals surface area contributed by atoms with Crippen LogP contribution in [0.25, 0.3) is 0 Å². The lowest BCUT2D eigenvalue weighted by Crippen LogP contribution is -2.50. The molecule has 0 saturated carbocycles. The molecule has 0 rings (SSSR count). The van der Waals surface area contributed by atoms with Crippen molar-refractivity contribution >= 4 is 17.8 Å². The Labute approximate surface area is 101 Å². The normalized spacial score (nSPS) is 13.1. The van der Waals surface area contributed by atoms with Crippen LogP contribution in [-0.2, 0) is 14.3 Å². The minimum Gasteiger partial charge on any atom is -0.444 e. The van der Waals surface area contributed by atoms with E-state index in [1.54, 1.807) is 34.6 Å². The molecule has 0 aromatic carbocycles.